The number of rotatable bonds is 0. The molecule has 2 aliphatic heterocycles. The molecule has 11 heavy (non-hydrogen) atoms. The monoisotopic (exact) mass is 162 g/mol. The summed E-state index contributed by atoms with van der Waals surface area (Å²) in [4.78, 5) is 0. The molecule has 0 radical (unpaired) electrons. The molecule has 2 bridgehead atoms. The van der Waals surface area contributed by atoms with Gasteiger partial charge in [-0.2, -0.15) is 0 Å². The van der Waals surface area contributed by atoms with Crippen molar-refractivity contribution < 1.29 is 24.8 Å². The zero-order valence-corrected chi connectivity index (χ0v) is 5.75. The van der Waals surface area contributed by atoms with Crippen molar-refractivity contribution in [3.05, 3.63) is 0 Å². The summed E-state index contributed by atoms with van der Waals surface area (Å²) in [5.41, 5.74) is 0. The number of fused-ring (bicyclic) bond motifs is 2. The lowest BCUT2D eigenvalue weighted by Gasteiger charge is -2.32. The molecule has 0 spiro atoms. The summed E-state index contributed by atoms with van der Waals surface area (Å²) in [6.45, 7) is 0.236. The van der Waals surface area contributed by atoms with Gasteiger partial charge in [0, 0.05) is 0 Å². The van der Waals surface area contributed by atoms with E-state index in [0.717, 1.165) is 0 Å². The molecule has 5 heteroatoms. The van der Waals surface area contributed by atoms with Gasteiger partial charge in [0.1, 0.15) is 24.4 Å². The minimum absolute atomic E-state index is 0.236. The Morgan fingerprint density at radius 2 is 1.73 bits per heavy atom. The first-order valence-electron chi connectivity index (χ1n) is 3.51. The highest BCUT2D eigenvalue weighted by Crippen LogP contribution is 2.27. The maximum Gasteiger partial charge on any atom is 0.186 e. The van der Waals surface area contributed by atoms with Crippen molar-refractivity contribution in [1.82, 2.24) is 0 Å². The van der Waals surface area contributed by atoms with Gasteiger partial charge < -0.3 is 24.8 Å². The normalized spacial score (nSPS) is 56.5. The molecule has 5 atom stereocenters. The van der Waals surface area contributed by atoms with Gasteiger partial charge in [-0.15, -0.1) is 0 Å². The summed E-state index contributed by atoms with van der Waals surface area (Å²) < 4.78 is 9.95. The summed E-state index contributed by atoms with van der Waals surface area (Å²) in [6, 6.07) is 0. The Balaban J connectivity index is 2.16. The second-order valence-electron chi connectivity index (χ2n) is 2.85. The highest BCUT2D eigenvalue weighted by atomic mass is 16.7. The quantitative estimate of drug-likeness (QED) is 0.377. The fraction of sp³-hybridized carbons (Fsp3) is 1.00. The Kier molecular flexibility index (Phi) is 1.62. The standard InChI is InChI=1S/C6H10O5/c7-3-2-1-10-6(11-2)5(9)4(3)8/h2-9H,1H2/t2-,3+,4+,5+,6-/m1/s1. The molecule has 0 unspecified atom stereocenters. The van der Waals surface area contributed by atoms with Crippen LogP contribution in [0.3, 0.4) is 0 Å². The third-order valence-corrected chi connectivity index (χ3v) is 2.09. The molecule has 0 amide bonds. The Labute approximate surface area is 63.2 Å². The molecule has 64 valence electrons. The third kappa shape index (κ3) is 0.969. The Morgan fingerprint density at radius 1 is 1.00 bits per heavy atom. The van der Waals surface area contributed by atoms with Crippen molar-refractivity contribution in [2.75, 3.05) is 6.61 Å². The largest absolute Gasteiger partial charge is 0.387 e. The molecular formula is C6H10O5. The summed E-state index contributed by atoms with van der Waals surface area (Å²) in [6.07, 6.45) is -4.58. The fourth-order valence-corrected chi connectivity index (χ4v) is 1.38. The van der Waals surface area contributed by atoms with Crippen molar-refractivity contribution in [3.8, 4) is 0 Å². The molecule has 0 aromatic rings. The summed E-state index contributed by atoms with van der Waals surface area (Å²) >= 11 is 0. The van der Waals surface area contributed by atoms with Crippen LogP contribution in [-0.2, 0) is 9.47 Å². The van der Waals surface area contributed by atoms with E-state index in [9.17, 15) is 10.2 Å². The Bertz CT molecular complexity index is 141. The molecule has 2 fully saturated rings. The zero-order chi connectivity index (χ0) is 8.01. The molecule has 3 N–H and O–H groups in total. The van der Waals surface area contributed by atoms with E-state index in [1.165, 1.54) is 0 Å². The second-order valence-corrected chi connectivity index (χ2v) is 2.85. The predicted octanol–water partition coefficient (Wildman–Crippen LogP) is -2.18. The summed E-state index contributed by atoms with van der Waals surface area (Å²) in [5, 5.41) is 27.6. The van der Waals surface area contributed by atoms with E-state index >= 15 is 0 Å². The van der Waals surface area contributed by atoms with E-state index in [-0.39, 0.29) is 6.61 Å². The maximum absolute atomic E-state index is 9.22. The van der Waals surface area contributed by atoms with Crippen LogP contribution in [0.15, 0.2) is 0 Å². The molecule has 2 heterocycles. The Hall–Kier alpha value is -0.200. The van der Waals surface area contributed by atoms with Gasteiger partial charge in [-0.25, -0.2) is 0 Å². The van der Waals surface area contributed by atoms with Gasteiger partial charge in [-0.1, -0.05) is 0 Å². The second kappa shape index (κ2) is 2.40. The van der Waals surface area contributed by atoms with Crippen LogP contribution in [0.1, 0.15) is 0 Å². The van der Waals surface area contributed by atoms with E-state index in [1.807, 2.05) is 0 Å². The van der Waals surface area contributed by atoms with Gasteiger partial charge in [0.15, 0.2) is 6.29 Å². The summed E-state index contributed by atoms with van der Waals surface area (Å²) in [5.74, 6) is 0. The van der Waals surface area contributed by atoms with Crippen molar-refractivity contribution in [3.63, 3.8) is 0 Å². The smallest absolute Gasteiger partial charge is 0.186 e. The van der Waals surface area contributed by atoms with Gasteiger partial charge in [-0.3, -0.25) is 0 Å². The van der Waals surface area contributed by atoms with Crippen LogP contribution in [0.4, 0.5) is 0 Å². The van der Waals surface area contributed by atoms with Crippen molar-refractivity contribution in [2.24, 2.45) is 0 Å². The number of aliphatic hydroxyl groups excluding tert-OH is 3. The first kappa shape index (κ1) is 7.45. The molecular weight excluding hydrogens is 152 g/mol. The van der Waals surface area contributed by atoms with E-state index in [1.54, 1.807) is 0 Å². The average molecular weight is 162 g/mol. The molecule has 2 aliphatic rings. The molecule has 5 nitrogen and oxygen atoms in total. The fourth-order valence-electron chi connectivity index (χ4n) is 1.38. The topological polar surface area (TPSA) is 79.2 Å². The molecule has 0 aromatic heterocycles. The van der Waals surface area contributed by atoms with Crippen molar-refractivity contribution >= 4 is 0 Å². The van der Waals surface area contributed by atoms with E-state index < -0.39 is 30.7 Å². The van der Waals surface area contributed by atoms with Crippen LogP contribution >= 0.6 is 0 Å². The molecule has 0 saturated carbocycles. The van der Waals surface area contributed by atoms with Crippen LogP contribution < -0.4 is 0 Å². The van der Waals surface area contributed by atoms with Gasteiger partial charge in [0.2, 0.25) is 0 Å². The van der Waals surface area contributed by atoms with Crippen LogP contribution in [-0.4, -0.2) is 52.6 Å². The number of aliphatic hydroxyl groups is 3. The zero-order valence-electron chi connectivity index (χ0n) is 5.75. The van der Waals surface area contributed by atoms with Crippen LogP contribution in [0, 0.1) is 0 Å². The van der Waals surface area contributed by atoms with Crippen molar-refractivity contribution in [1.29, 1.82) is 0 Å². The van der Waals surface area contributed by atoms with Crippen LogP contribution in [0.2, 0.25) is 0 Å². The van der Waals surface area contributed by atoms with Gasteiger partial charge >= 0.3 is 0 Å². The lowest BCUT2D eigenvalue weighted by atomic mass is 10.0. The molecule has 2 saturated heterocycles. The third-order valence-electron chi connectivity index (χ3n) is 2.09. The first-order chi connectivity index (χ1) is 5.20. The molecule has 0 aliphatic carbocycles. The van der Waals surface area contributed by atoms with Crippen molar-refractivity contribution in [2.45, 2.75) is 30.7 Å². The highest BCUT2D eigenvalue weighted by molar-refractivity contribution is 4.92. The minimum atomic E-state index is -1.15. The number of hydrogen-bond donors (Lipinski definition) is 3. The van der Waals surface area contributed by atoms with Crippen LogP contribution in [0.5, 0.6) is 0 Å². The van der Waals surface area contributed by atoms with E-state index in [2.05, 4.69) is 0 Å². The predicted molar refractivity (Wildman–Crippen MR) is 32.6 cm³/mol. The minimum Gasteiger partial charge on any atom is -0.387 e. The number of ether oxygens (including phenoxy) is 2. The lowest BCUT2D eigenvalue weighted by molar-refractivity contribution is -0.228. The van der Waals surface area contributed by atoms with E-state index in [0.29, 0.717) is 0 Å². The summed E-state index contributed by atoms with van der Waals surface area (Å²) in [7, 11) is 0. The highest BCUT2D eigenvalue weighted by Gasteiger charge is 2.48. The van der Waals surface area contributed by atoms with Gasteiger partial charge in [0.05, 0.1) is 6.61 Å². The SMILES string of the molecule is O[C@@H]1[C@H](O)[C@@H]2OC[C@@H](O2)[C@@H]1O. The number of hydrogen-bond acceptors (Lipinski definition) is 5. The van der Waals surface area contributed by atoms with E-state index in [4.69, 9.17) is 14.6 Å². The first-order valence-corrected chi connectivity index (χ1v) is 3.51. The maximum atomic E-state index is 9.22. The van der Waals surface area contributed by atoms with Crippen LogP contribution in [0.25, 0.3) is 0 Å². The van der Waals surface area contributed by atoms with Gasteiger partial charge in [0.25, 0.3) is 0 Å². The molecule has 2 rings (SSSR count). The Morgan fingerprint density at radius 3 is 2.45 bits per heavy atom. The van der Waals surface area contributed by atoms with Gasteiger partial charge in [-0.05, 0) is 0 Å². The average Bonchev–Trinajstić information content (AvgIpc) is 2.44. The molecule has 0 aromatic carbocycles. The lowest BCUT2D eigenvalue weighted by Crippen LogP contribution is -2.53.